The second-order valence-electron chi connectivity index (χ2n) is 4.15. The second-order valence-corrected chi connectivity index (χ2v) is 7.10. The third kappa shape index (κ3) is 3.08. The molecule has 0 saturated carbocycles. The average molecular weight is 377 g/mol. The summed E-state index contributed by atoms with van der Waals surface area (Å²) in [5.41, 5.74) is 0.721. The van der Waals surface area contributed by atoms with Gasteiger partial charge in [0.15, 0.2) is 0 Å². The molecule has 0 atom stereocenters. The van der Waals surface area contributed by atoms with Crippen LogP contribution in [0.1, 0.15) is 5.56 Å². The van der Waals surface area contributed by atoms with Gasteiger partial charge >= 0.3 is 0 Å². The first-order chi connectivity index (χ1) is 9.31. The normalized spacial score (nSPS) is 11.3. The minimum atomic E-state index is -3.79. The minimum absolute atomic E-state index is 0.0506. The van der Waals surface area contributed by atoms with Gasteiger partial charge in [-0.05, 0) is 52.7 Å². The zero-order valence-electron chi connectivity index (χ0n) is 10.4. The average Bonchev–Trinajstić information content (AvgIpc) is 2.38. The first-order valence-corrected chi connectivity index (χ1v) is 8.23. The number of hydrogen-bond acceptors (Lipinski definition) is 3. The zero-order chi connectivity index (χ0) is 14.9. The van der Waals surface area contributed by atoms with E-state index >= 15 is 0 Å². The molecule has 0 aliphatic carbocycles. The van der Waals surface area contributed by atoms with Crippen LogP contribution in [0.5, 0.6) is 5.75 Å². The van der Waals surface area contributed by atoms with Crippen LogP contribution < -0.4 is 4.72 Å². The molecule has 7 heteroatoms. The van der Waals surface area contributed by atoms with Gasteiger partial charge in [-0.3, -0.25) is 4.72 Å². The van der Waals surface area contributed by atoms with E-state index in [0.29, 0.717) is 15.1 Å². The van der Waals surface area contributed by atoms with Crippen LogP contribution in [0, 0.1) is 6.92 Å². The molecular weight excluding hydrogens is 366 g/mol. The molecule has 0 aliphatic heterocycles. The maximum Gasteiger partial charge on any atom is 0.262 e. The van der Waals surface area contributed by atoms with E-state index in [2.05, 4.69) is 20.7 Å². The van der Waals surface area contributed by atoms with Gasteiger partial charge in [0.2, 0.25) is 0 Å². The fraction of sp³-hybridized carbons (Fsp3) is 0.0769. The predicted molar refractivity (Wildman–Crippen MR) is 82.8 cm³/mol. The first-order valence-electron chi connectivity index (χ1n) is 5.58. The van der Waals surface area contributed by atoms with E-state index in [4.69, 9.17) is 11.6 Å². The molecule has 0 spiro atoms. The molecule has 0 amide bonds. The zero-order valence-corrected chi connectivity index (χ0v) is 13.6. The molecule has 2 aromatic rings. The number of aromatic hydroxyl groups is 1. The van der Waals surface area contributed by atoms with E-state index in [1.165, 1.54) is 24.3 Å². The largest absolute Gasteiger partial charge is 0.505 e. The Morgan fingerprint density at radius 2 is 1.95 bits per heavy atom. The molecule has 0 radical (unpaired) electrons. The number of anilines is 1. The highest BCUT2D eigenvalue weighted by Gasteiger charge is 2.17. The molecular formula is C13H11BrClNO3S. The van der Waals surface area contributed by atoms with Crippen LogP contribution in [0.3, 0.4) is 0 Å². The highest BCUT2D eigenvalue weighted by atomic mass is 79.9. The van der Waals surface area contributed by atoms with Crippen LogP contribution >= 0.6 is 27.5 Å². The Balaban J connectivity index is 2.41. The van der Waals surface area contributed by atoms with Crippen molar-refractivity contribution >= 4 is 43.2 Å². The number of para-hydroxylation sites is 1. The van der Waals surface area contributed by atoms with Gasteiger partial charge in [-0.15, -0.1) is 0 Å². The van der Waals surface area contributed by atoms with Gasteiger partial charge in [0, 0.05) is 4.47 Å². The van der Waals surface area contributed by atoms with Crippen LogP contribution in [-0.2, 0) is 10.0 Å². The third-order valence-corrected chi connectivity index (χ3v) is 5.26. The number of aryl methyl sites for hydroxylation is 1. The van der Waals surface area contributed by atoms with Crippen molar-refractivity contribution in [3.05, 3.63) is 51.5 Å². The topological polar surface area (TPSA) is 66.4 Å². The van der Waals surface area contributed by atoms with Crippen molar-refractivity contribution in [2.75, 3.05) is 4.72 Å². The quantitative estimate of drug-likeness (QED) is 0.798. The van der Waals surface area contributed by atoms with Crippen molar-refractivity contribution in [3.63, 3.8) is 0 Å². The van der Waals surface area contributed by atoms with Gasteiger partial charge in [0.1, 0.15) is 5.75 Å². The maximum absolute atomic E-state index is 12.2. The number of rotatable bonds is 3. The summed E-state index contributed by atoms with van der Waals surface area (Å²) in [6.07, 6.45) is 0. The van der Waals surface area contributed by atoms with Gasteiger partial charge in [0.05, 0.1) is 15.6 Å². The molecule has 2 aromatic carbocycles. The Hall–Kier alpha value is -1.24. The Labute approximate surface area is 130 Å². The summed E-state index contributed by atoms with van der Waals surface area (Å²) in [4.78, 5) is 0.0506. The maximum atomic E-state index is 12.2. The summed E-state index contributed by atoms with van der Waals surface area (Å²) in [7, 11) is -3.79. The van der Waals surface area contributed by atoms with Crippen LogP contribution in [0.15, 0.2) is 45.8 Å². The lowest BCUT2D eigenvalue weighted by Crippen LogP contribution is -2.13. The Morgan fingerprint density at radius 3 is 2.60 bits per heavy atom. The van der Waals surface area contributed by atoms with E-state index in [1.54, 1.807) is 19.1 Å². The van der Waals surface area contributed by atoms with Crippen molar-refractivity contribution < 1.29 is 13.5 Å². The van der Waals surface area contributed by atoms with E-state index in [-0.39, 0.29) is 16.3 Å². The van der Waals surface area contributed by atoms with E-state index in [1.807, 2.05) is 0 Å². The van der Waals surface area contributed by atoms with Crippen molar-refractivity contribution in [1.29, 1.82) is 0 Å². The summed E-state index contributed by atoms with van der Waals surface area (Å²) in [6.45, 7) is 1.69. The molecule has 4 nitrogen and oxygen atoms in total. The highest BCUT2D eigenvalue weighted by Crippen LogP contribution is 2.30. The highest BCUT2D eigenvalue weighted by molar-refractivity contribution is 9.10. The molecule has 0 aliphatic rings. The molecule has 0 fully saturated rings. The van der Waals surface area contributed by atoms with Gasteiger partial charge in [0.25, 0.3) is 10.0 Å². The van der Waals surface area contributed by atoms with E-state index < -0.39 is 10.0 Å². The Kier molecular flexibility index (Phi) is 4.27. The fourth-order valence-electron chi connectivity index (χ4n) is 1.59. The summed E-state index contributed by atoms with van der Waals surface area (Å²) in [5.74, 6) is -0.0934. The number of benzene rings is 2. The standard InChI is InChI=1S/C13H11BrClNO3S/c1-8-3-2-4-12(13(8)17)16-20(18,19)9-5-6-11(15)10(14)7-9/h2-7,16-17H,1H3. The van der Waals surface area contributed by atoms with Crippen LogP contribution in [-0.4, -0.2) is 13.5 Å². The molecule has 2 rings (SSSR count). The van der Waals surface area contributed by atoms with Gasteiger partial charge in [-0.2, -0.15) is 0 Å². The predicted octanol–water partition coefficient (Wildman–Crippen LogP) is 3.92. The Morgan fingerprint density at radius 1 is 1.25 bits per heavy atom. The lowest BCUT2D eigenvalue weighted by atomic mass is 10.2. The minimum Gasteiger partial charge on any atom is -0.505 e. The number of sulfonamides is 1. The lowest BCUT2D eigenvalue weighted by molar-refractivity contribution is 0.473. The summed E-state index contributed by atoms with van der Waals surface area (Å²) in [5, 5.41) is 10.3. The van der Waals surface area contributed by atoms with E-state index in [9.17, 15) is 13.5 Å². The van der Waals surface area contributed by atoms with Gasteiger partial charge in [-0.25, -0.2) is 8.42 Å². The van der Waals surface area contributed by atoms with Gasteiger partial charge < -0.3 is 5.11 Å². The molecule has 20 heavy (non-hydrogen) atoms. The second kappa shape index (κ2) is 5.63. The third-order valence-electron chi connectivity index (χ3n) is 2.68. The first kappa shape index (κ1) is 15.2. The van der Waals surface area contributed by atoms with Crippen molar-refractivity contribution in [2.24, 2.45) is 0 Å². The number of phenols is 1. The van der Waals surface area contributed by atoms with Crippen LogP contribution in [0.4, 0.5) is 5.69 Å². The molecule has 0 heterocycles. The molecule has 2 N–H and O–H groups in total. The smallest absolute Gasteiger partial charge is 0.262 e. The summed E-state index contributed by atoms with van der Waals surface area (Å²) < 4.78 is 27.3. The molecule has 0 bridgehead atoms. The lowest BCUT2D eigenvalue weighted by Gasteiger charge is -2.11. The van der Waals surface area contributed by atoms with Gasteiger partial charge in [-0.1, -0.05) is 23.7 Å². The van der Waals surface area contributed by atoms with Crippen molar-refractivity contribution in [1.82, 2.24) is 0 Å². The van der Waals surface area contributed by atoms with Crippen LogP contribution in [0.25, 0.3) is 0 Å². The molecule has 0 unspecified atom stereocenters. The fourth-order valence-corrected chi connectivity index (χ4v) is 3.33. The summed E-state index contributed by atoms with van der Waals surface area (Å²) >= 11 is 9.01. The monoisotopic (exact) mass is 375 g/mol. The number of phenolic OH excluding ortho intramolecular Hbond substituents is 1. The van der Waals surface area contributed by atoms with E-state index in [0.717, 1.165) is 0 Å². The van der Waals surface area contributed by atoms with Crippen molar-refractivity contribution in [3.8, 4) is 5.75 Å². The summed E-state index contributed by atoms with van der Waals surface area (Å²) in [6, 6.07) is 9.11. The number of nitrogens with one attached hydrogen (secondary N) is 1. The SMILES string of the molecule is Cc1cccc(NS(=O)(=O)c2ccc(Cl)c(Br)c2)c1O. The molecule has 106 valence electrons. The van der Waals surface area contributed by atoms with Crippen molar-refractivity contribution in [2.45, 2.75) is 11.8 Å². The molecule has 0 saturated heterocycles. The molecule has 0 aromatic heterocycles. The Bertz CT molecular complexity index is 762. The number of halogens is 2. The number of hydrogen-bond donors (Lipinski definition) is 2. The van der Waals surface area contributed by atoms with Crippen LogP contribution in [0.2, 0.25) is 5.02 Å².